The van der Waals surface area contributed by atoms with Crippen molar-refractivity contribution in [3.8, 4) is 11.4 Å². The van der Waals surface area contributed by atoms with Gasteiger partial charge in [0.2, 0.25) is 0 Å². The molecule has 7 heteroatoms. The molecule has 1 aromatic carbocycles. The predicted molar refractivity (Wildman–Crippen MR) is 95.1 cm³/mol. The lowest BCUT2D eigenvalue weighted by Crippen LogP contribution is -2.46. The predicted octanol–water partition coefficient (Wildman–Crippen LogP) is 1.64. The van der Waals surface area contributed by atoms with Crippen LogP contribution in [0.1, 0.15) is 29.2 Å². The highest BCUT2D eigenvalue weighted by atomic mass is 16.5. The number of carboxylic acid groups (broad SMARTS) is 1. The number of aromatic nitrogens is 2. The Morgan fingerprint density at radius 3 is 2.77 bits per heavy atom. The standard InChI is InChI=1S/C19H23N3O4/c23-8-5-17-11-21-10-15(9-16(21)12-26-17)22-7-6-20-18(22)13-1-3-14(4-2-13)19(24)25/h1-4,6-7,15-17,23H,5,8-12H2,(H,24,25)/t15-,16+,17+/m1/s1. The fourth-order valence-electron chi connectivity index (χ4n) is 4.03. The van der Waals surface area contributed by atoms with Crippen molar-refractivity contribution < 1.29 is 19.7 Å². The molecule has 0 radical (unpaired) electrons. The van der Waals surface area contributed by atoms with E-state index >= 15 is 0 Å². The van der Waals surface area contributed by atoms with E-state index in [-0.39, 0.29) is 18.3 Å². The zero-order valence-electron chi connectivity index (χ0n) is 14.5. The molecule has 1 aromatic heterocycles. The van der Waals surface area contributed by atoms with E-state index in [2.05, 4.69) is 14.5 Å². The first kappa shape index (κ1) is 17.2. The highest BCUT2D eigenvalue weighted by molar-refractivity contribution is 5.88. The molecule has 2 saturated heterocycles. The first-order valence-electron chi connectivity index (χ1n) is 8.98. The van der Waals surface area contributed by atoms with Crippen LogP contribution in [0.3, 0.4) is 0 Å². The number of hydrogen-bond acceptors (Lipinski definition) is 5. The van der Waals surface area contributed by atoms with Crippen molar-refractivity contribution in [2.24, 2.45) is 0 Å². The van der Waals surface area contributed by atoms with Gasteiger partial charge in [-0.05, 0) is 25.0 Å². The van der Waals surface area contributed by atoms with Gasteiger partial charge >= 0.3 is 5.97 Å². The molecule has 0 aliphatic carbocycles. The Bertz CT molecular complexity index is 773. The molecule has 2 N–H and O–H groups in total. The van der Waals surface area contributed by atoms with Gasteiger partial charge in [0, 0.05) is 49.7 Å². The number of aliphatic hydroxyl groups is 1. The van der Waals surface area contributed by atoms with Gasteiger partial charge in [0.05, 0.1) is 18.3 Å². The number of carboxylic acids is 1. The summed E-state index contributed by atoms with van der Waals surface area (Å²) in [5, 5.41) is 18.2. The van der Waals surface area contributed by atoms with Crippen molar-refractivity contribution in [3.63, 3.8) is 0 Å². The smallest absolute Gasteiger partial charge is 0.335 e. The minimum absolute atomic E-state index is 0.112. The number of aromatic carboxylic acids is 1. The van der Waals surface area contributed by atoms with Crippen molar-refractivity contribution in [3.05, 3.63) is 42.2 Å². The Hall–Kier alpha value is -2.22. The van der Waals surface area contributed by atoms with Gasteiger partial charge in [0.25, 0.3) is 0 Å². The lowest BCUT2D eigenvalue weighted by molar-refractivity contribution is -0.0567. The number of carbonyl (C=O) groups is 1. The van der Waals surface area contributed by atoms with Gasteiger partial charge in [0.15, 0.2) is 0 Å². The number of rotatable bonds is 5. The van der Waals surface area contributed by atoms with Crippen molar-refractivity contribution in [1.29, 1.82) is 0 Å². The molecular weight excluding hydrogens is 334 g/mol. The summed E-state index contributed by atoms with van der Waals surface area (Å²) in [6, 6.07) is 7.56. The van der Waals surface area contributed by atoms with Gasteiger partial charge in [-0.15, -0.1) is 0 Å². The second-order valence-corrected chi connectivity index (χ2v) is 7.01. The van der Waals surface area contributed by atoms with Gasteiger partial charge in [0.1, 0.15) is 5.82 Å². The summed E-state index contributed by atoms with van der Waals surface area (Å²) in [6.45, 7) is 2.66. The van der Waals surface area contributed by atoms with E-state index in [1.165, 1.54) is 0 Å². The molecule has 4 rings (SSSR count). The van der Waals surface area contributed by atoms with Crippen LogP contribution in [0.15, 0.2) is 36.7 Å². The SMILES string of the molecule is O=C(O)c1ccc(-c2nccn2[C@@H]2C[C@H]3CO[C@@H](CCO)CN3C2)cc1. The van der Waals surface area contributed by atoms with E-state index in [1.54, 1.807) is 18.3 Å². The maximum atomic E-state index is 11.0. The molecule has 0 amide bonds. The Balaban J connectivity index is 1.52. The Labute approximate surface area is 151 Å². The molecule has 3 atom stereocenters. The second kappa shape index (κ2) is 7.19. The van der Waals surface area contributed by atoms with E-state index in [9.17, 15) is 4.79 Å². The van der Waals surface area contributed by atoms with Crippen LogP contribution in [0, 0.1) is 0 Å². The number of aliphatic hydroxyl groups excluding tert-OH is 1. The molecule has 3 heterocycles. The van der Waals surface area contributed by atoms with Crippen LogP contribution in [-0.2, 0) is 4.74 Å². The zero-order chi connectivity index (χ0) is 18.1. The lowest BCUT2D eigenvalue weighted by atomic mass is 10.1. The largest absolute Gasteiger partial charge is 0.478 e. The fraction of sp³-hybridized carbons (Fsp3) is 0.474. The molecule has 2 aliphatic rings. The van der Waals surface area contributed by atoms with Gasteiger partial charge in [-0.1, -0.05) is 12.1 Å². The monoisotopic (exact) mass is 357 g/mol. The van der Waals surface area contributed by atoms with Crippen LogP contribution >= 0.6 is 0 Å². The minimum atomic E-state index is -0.926. The summed E-state index contributed by atoms with van der Waals surface area (Å²) in [4.78, 5) is 18.0. The third-order valence-corrected chi connectivity index (χ3v) is 5.37. The summed E-state index contributed by atoms with van der Waals surface area (Å²) in [6.07, 6.45) is 5.59. The molecule has 2 aromatic rings. The third-order valence-electron chi connectivity index (χ3n) is 5.37. The number of fused-ring (bicyclic) bond motifs is 1. The van der Waals surface area contributed by atoms with Crippen molar-refractivity contribution in [2.75, 3.05) is 26.3 Å². The highest BCUT2D eigenvalue weighted by Gasteiger charge is 2.38. The number of nitrogens with zero attached hydrogens (tertiary/aromatic N) is 3. The molecule has 0 spiro atoms. The second-order valence-electron chi connectivity index (χ2n) is 7.01. The Morgan fingerprint density at radius 2 is 2.04 bits per heavy atom. The average Bonchev–Trinajstić information content (AvgIpc) is 3.28. The highest BCUT2D eigenvalue weighted by Crippen LogP contribution is 2.33. The summed E-state index contributed by atoms with van der Waals surface area (Å²) in [5.74, 6) is -0.0652. The molecule has 0 saturated carbocycles. The summed E-state index contributed by atoms with van der Waals surface area (Å²) < 4.78 is 8.06. The normalized spacial score (nSPS) is 26.0. The van der Waals surface area contributed by atoms with Crippen LogP contribution in [0.5, 0.6) is 0 Å². The molecule has 7 nitrogen and oxygen atoms in total. The van der Waals surface area contributed by atoms with E-state index in [0.717, 1.165) is 30.9 Å². The van der Waals surface area contributed by atoms with E-state index in [4.69, 9.17) is 14.9 Å². The van der Waals surface area contributed by atoms with Crippen LogP contribution in [0.25, 0.3) is 11.4 Å². The van der Waals surface area contributed by atoms with Gasteiger partial charge in [-0.3, -0.25) is 4.90 Å². The van der Waals surface area contributed by atoms with Crippen molar-refractivity contribution >= 4 is 5.97 Å². The summed E-state index contributed by atoms with van der Waals surface area (Å²) >= 11 is 0. The minimum Gasteiger partial charge on any atom is -0.478 e. The maximum Gasteiger partial charge on any atom is 0.335 e. The third kappa shape index (κ3) is 3.25. The van der Waals surface area contributed by atoms with E-state index in [1.807, 2.05) is 18.3 Å². The first-order chi connectivity index (χ1) is 12.7. The van der Waals surface area contributed by atoms with Crippen LogP contribution < -0.4 is 0 Å². The summed E-state index contributed by atoms with van der Waals surface area (Å²) in [5.41, 5.74) is 1.19. The summed E-state index contributed by atoms with van der Waals surface area (Å²) in [7, 11) is 0. The van der Waals surface area contributed by atoms with Crippen LogP contribution in [0.2, 0.25) is 0 Å². The molecule has 26 heavy (non-hydrogen) atoms. The molecule has 0 unspecified atom stereocenters. The molecular formula is C19H23N3O4. The molecule has 2 fully saturated rings. The van der Waals surface area contributed by atoms with Gasteiger partial charge in [-0.25, -0.2) is 9.78 Å². The van der Waals surface area contributed by atoms with Crippen LogP contribution in [-0.4, -0.2) is 69.1 Å². The average molecular weight is 357 g/mol. The maximum absolute atomic E-state index is 11.0. The fourth-order valence-corrected chi connectivity index (χ4v) is 4.03. The number of hydrogen-bond donors (Lipinski definition) is 2. The van der Waals surface area contributed by atoms with Crippen LogP contribution in [0.4, 0.5) is 0 Å². The zero-order valence-corrected chi connectivity index (χ0v) is 14.5. The number of benzene rings is 1. The van der Waals surface area contributed by atoms with E-state index < -0.39 is 5.97 Å². The number of morpholine rings is 1. The Morgan fingerprint density at radius 1 is 1.23 bits per heavy atom. The van der Waals surface area contributed by atoms with E-state index in [0.29, 0.717) is 25.1 Å². The number of imidazole rings is 1. The molecule has 138 valence electrons. The first-order valence-corrected chi connectivity index (χ1v) is 8.98. The van der Waals surface area contributed by atoms with Crippen molar-refractivity contribution in [1.82, 2.24) is 14.5 Å². The lowest BCUT2D eigenvalue weighted by Gasteiger charge is -2.34. The van der Waals surface area contributed by atoms with Gasteiger partial charge in [-0.2, -0.15) is 0 Å². The Kier molecular flexibility index (Phi) is 4.76. The quantitative estimate of drug-likeness (QED) is 0.846. The van der Waals surface area contributed by atoms with Crippen molar-refractivity contribution in [2.45, 2.75) is 31.0 Å². The topological polar surface area (TPSA) is 87.8 Å². The molecule has 2 aliphatic heterocycles. The molecule has 0 bridgehead atoms. The van der Waals surface area contributed by atoms with Gasteiger partial charge < -0.3 is 19.5 Å². The number of ether oxygens (including phenoxy) is 1.